The molecule has 2 aliphatic rings. The second kappa shape index (κ2) is 9.47. The van der Waals surface area contributed by atoms with Gasteiger partial charge < -0.3 is 23.8 Å². The summed E-state index contributed by atoms with van der Waals surface area (Å²) in [6.45, 7) is 1.09. The van der Waals surface area contributed by atoms with Gasteiger partial charge in [-0.15, -0.1) is 0 Å². The Hall–Kier alpha value is -2.93. The fourth-order valence-electron chi connectivity index (χ4n) is 3.38. The maximum Gasteiger partial charge on any atom is 0.338 e. The first-order chi connectivity index (χ1) is 15.0. The van der Waals surface area contributed by atoms with E-state index in [-0.39, 0.29) is 29.1 Å². The zero-order chi connectivity index (χ0) is 21.8. The summed E-state index contributed by atoms with van der Waals surface area (Å²) in [7, 11) is 1.61. The molecule has 0 N–H and O–H groups in total. The third-order valence-electron chi connectivity index (χ3n) is 5.18. The minimum Gasteiger partial charge on any atom is -0.497 e. The van der Waals surface area contributed by atoms with E-state index in [1.807, 2.05) is 24.3 Å². The van der Waals surface area contributed by atoms with Crippen LogP contribution in [0.3, 0.4) is 0 Å². The minimum absolute atomic E-state index is 0.181. The van der Waals surface area contributed by atoms with Crippen molar-refractivity contribution in [1.29, 1.82) is 0 Å². The third-order valence-corrected chi connectivity index (χ3v) is 5.47. The summed E-state index contributed by atoms with van der Waals surface area (Å²) in [6.07, 6.45) is 2.63. The molecule has 2 aromatic rings. The molecule has 1 amide bonds. The summed E-state index contributed by atoms with van der Waals surface area (Å²) >= 11 is 6.24. The lowest BCUT2D eigenvalue weighted by atomic mass is 10.2. The quantitative estimate of drug-likeness (QED) is 0.602. The van der Waals surface area contributed by atoms with Crippen LogP contribution < -0.4 is 14.2 Å². The molecule has 1 saturated carbocycles. The predicted octanol–water partition coefficient (Wildman–Crippen LogP) is 3.86. The Bertz CT molecular complexity index is 957. The molecular formula is C23H24ClNO6. The number of halogens is 1. The zero-order valence-corrected chi connectivity index (χ0v) is 18.0. The molecule has 7 nitrogen and oxygen atoms in total. The molecule has 8 heteroatoms. The van der Waals surface area contributed by atoms with Gasteiger partial charge in [-0.05, 0) is 42.7 Å². The van der Waals surface area contributed by atoms with E-state index in [0.29, 0.717) is 31.3 Å². The number of esters is 1. The predicted molar refractivity (Wildman–Crippen MR) is 114 cm³/mol. The Morgan fingerprint density at radius 2 is 1.87 bits per heavy atom. The summed E-state index contributed by atoms with van der Waals surface area (Å²) in [5.74, 6) is 0.725. The summed E-state index contributed by atoms with van der Waals surface area (Å²) in [5.41, 5.74) is 1.21. The fraction of sp³-hybridized carbons (Fsp3) is 0.391. The first kappa shape index (κ1) is 21.3. The Labute approximate surface area is 185 Å². The molecule has 1 heterocycles. The first-order valence-electron chi connectivity index (χ1n) is 10.2. The zero-order valence-electron chi connectivity index (χ0n) is 17.3. The topological polar surface area (TPSA) is 74.3 Å². The number of carbonyl (C=O) groups excluding carboxylic acids is 2. The van der Waals surface area contributed by atoms with Crippen LogP contribution in [-0.4, -0.2) is 49.7 Å². The second-order valence-electron chi connectivity index (χ2n) is 7.51. The van der Waals surface area contributed by atoms with E-state index >= 15 is 0 Å². The van der Waals surface area contributed by atoms with Crippen LogP contribution in [-0.2, 0) is 16.1 Å². The molecule has 0 bridgehead atoms. The number of carbonyl (C=O) groups is 2. The van der Waals surface area contributed by atoms with Gasteiger partial charge in [0.25, 0.3) is 5.91 Å². The summed E-state index contributed by atoms with van der Waals surface area (Å²) in [6, 6.07) is 10.8. The highest BCUT2D eigenvalue weighted by molar-refractivity contribution is 6.32. The van der Waals surface area contributed by atoms with Gasteiger partial charge in [-0.3, -0.25) is 4.79 Å². The lowest BCUT2D eigenvalue weighted by molar-refractivity contribution is -0.135. The molecule has 0 spiro atoms. The van der Waals surface area contributed by atoms with Crippen LogP contribution >= 0.6 is 11.6 Å². The van der Waals surface area contributed by atoms with Crippen LogP contribution in [0.4, 0.5) is 0 Å². The fourth-order valence-corrected chi connectivity index (χ4v) is 3.64. The standard InChI is InChI=1S/C23H24ClNO6/c1-28-18-7-3-15(4-8-18)13-25(17-5-6-17)21(26)14-31-23(27)16-11-19(24)22-20(12-16)29-9-2-10-30-22/h3-4,7-8,11-12,17H,2,5-6,9-10,13-14H2,1H3. The lowest BCUT2D eigenvalue weighted by Gasteiger charge is -2.22. The molecule has 0 aromatic heterocycles. The van der Waals surface area contributed by atoms with Gasteiger partial charge in [0.2, 0.25) is 0 Å². The Balaban J connectivity index is 1.39. The van der Waals surface area contributed by atoms with Crippen LogP contribution in [0.25, 0.3) is 0 Å². The van der Waals surface area contributed by atoms with Crippen molar-refractivity contribution in [3.05, 3.63) is 52.5 Å². The lowest BCUT2D eigenvalue weighted by Crippen LogP contribution is -2.36. The molecule has 1 aliphatic heterocycles. The molecule has 1 fully saturated rings. The maximum atomic E-state index is 12.8. The van der Waals surface area contributed by atoms with Crippen LogP contribution in [0.2, 0.25) is 5.02 Å². The van der Waals surface area contributed by atoms with Gasteiger partial charge in [0.05, 0.1) is 30.9 Å². The highest BCUT2D eigenvalue weighted by Gasteiger charge is 2.33. The van der Waals surface area contributed by atoms with Gasteiger partial charge in [0.1, 0.15) is 5.75 Å². The maximum absolute atomic E-state index is 12.8. The first-order valence-corrected chi connectivity index (χ1v) is 10.6. The summed E-state index contributed by atoms with van der Waals surface area (Å²) in [4.78, 5) is 27.1. The molecule has 0 radical (unpaired) electrons. The minimum atomic E-state index is -0.633. The number of methoxy groups -OCH3 is 1. The number of rotatable bonds is 7. The van der Waals surface area contributed by atoms with E-state index in [1.165, 1.54) is 12.1 Å². The van der Waals surface area contributed by atoms with Crippen LogP contribution in [0, 0.1) is 0 Å². The molecule has 0 unspecified atom stereocenters. The molecule has 1 aliphatic carbocycles. The van der Waals surface area contributed by atoms with Crippen LogP contribution in [0.5, 0.6) is 17.2 Å². The molecule has 31 heavy (non-hydrogen) atoms. The summed E-state index contributed by atoms with van der Waals surface area (Å²) in [5, 5.41) is 0.275. The van der Waals surface area contributed by atoms with E-state index in [0.717, 1.165) is 30.6 Å². The van der Waals surface area contributed by atoms with E-state index in [1.54, 1.807) is 12.0 Å². The number of ether oxygens (including phenoxy) is 4. The third kappa shape index (κ3) is 5.22. The molecule has 0 saturated heterocycles. The van der Waals surface area contributed by atoms with E-state index < -0.39 is 5.97 Å². The van der Waals surface area contributed by atoms with Crippen molar-refractivity contribution in [3.63, 3.8) is 0 Å². The number of hydrogen-bond donors (Lipinski definition) is 0. The molecule has 4 rings (SSSR count). The van der Waals surface area contributed by atoms with Gasteiger partial charge in [-0.1, -0.05) is 23.7 Å². The number of amides is 1. The largest absolute Gasteiger partial charge is 0.497 e. The SMILES string of the molecule is COc1ccc(CN(C(=O)COC(=O)c2cc(Cl)c3c(c2)OCCCO3)C2CC2)cc1. The van der Waals surface area contributed by atoms with Gasteiger partial charge in [0.15, 0.2) is 18.1 Å². The molecular weight excluding hydrogens is 422 g/mol. The van der Waals surface area contributed by atoms with Crippen molar-refractivity contribution in [2.45, 2.75) is 31.8 Å². The number of fused-ring (bicyclic) bond motifs is 1. The average Bonchev–Trinajstić information content (AvgIpc) is 3.63. The van der Waals surface area contributed by atoms with Crippen molar-refractivity contribution in [2.24, 2.45) is 0 Å². The van der Waals surface area contributed by atoms with Gasteiger partial charge in [0, 0.05) is 19.0 Å². The summed E-state index contributed by atoms with van der Waals surface area (Å²) < 4.78 is 21.6. The molecule has 2 aromatic carbocycles. The van der Waals surface area contributed by atoms with Crippen molar-refractivity contribution in [2.75, 3.05) is 26.9 Å². The Kier molecular flexibility index (Phi) is 6.51. The van der Waals surface area contributed by atoms with Crippen molar-refractivity contribution in [1.82, 2.24) is 4.90 Å². The highest BCUT2D eigenvalue weighted by Crippen LogP contribution is 2.38. The normalized spacial score (nSPS) is 15.0. The van der Waals surface area contributed by atoms with Crippen molar-refractivity contribution in [3.8, 4) is 17.2 Å². The van der Waals surface area contributed by atoms with Crippen LogP contribution in [0.15, 0.2) is 36.4 Å². The molecule has 164 valence electrons. The number of nitrogens with zero attached hydrogens (tertiary/aromatic N) is 1. The van der Waals surface area contributed by atoms with Gasteiger partial charge in [-0.2, -0.15) is 0 Å². The van der Waals surface area contributed by atoms with Crippen LogP contribution in [0.1, 0.15) is 35.2 Å². The smallest absolute Gasteiger partial charge is 0.338 e. The Morgan fingerprint density at radius 1 is 1.13 bits per heavy atom. The molecule has 0 atom stereocenters. The average molecular weight is 446 g/mol. The van der Waals surface area contributed by atoms with Gasteiger partial charge in [-0.25, -0.2) is 4.79 Å². The van der Waals surface area contributed by atoms with E-state index in [4.69, 9.17) is 30.5 Å². The number of benzene rings is 2. The highest BCUT2D eigenvalue weighted by atomic mass is 35.5. The number of hydrogen-bond acceptors (Lipinski definition) is 6. The van der Waals surface area contributed by atoms with E-state index in [2.05, 4.69) is 0 Å². The Morgan fingerprint density at radius 3 is 2.58 bits per heavy atom. The van der Waals surface area contributed by atoms with Gasteiger partial charge >= 0.3 is 5.97 Å². The van der Waals surface area contributed by atoms with Crippen molar-refractivity contribution >= 4 is 23.5 Å². The van der Waals surface area contributed by atoms with Crippen molar-refractivity contribution < 1.29 is 28.5 Å². The second-order valence-corrected chi connectivity index (χ2v) is 7.92. The van der Waals surface area contributed by atoms with E-state index in [9.17, 15) is 9.59 Å². The monoisotopic (exact) mass is 445 g/mol.